The first-order valence-corrected chi connectivity index (χ1v) is 26.7. The first-order valence-electron chi connectivity index (χ1n) is 22.3. The van der Waals surface area contributed by atoms with Crippen LogP contribution in [0.5, 0.6) is 0 Å². The predicted octanol–water partition coefficient (Wildman–Crippen LogP) is 14.4. The van der Waals surface area contributed by atoms with E-state index in [0.29, 0.717) is 33.2 Å². The molecule has 0 heterocycles. The van der Waals surface area contributed by atoms with E-state index in [4.69, 9.17) is 0 Å². The molecule has 310 valence electrons. The molecule has 0 fully saturated rings. The summed E-state index contributed by atoms with van der Waals surface area (Å²) in [5.74, 6) is 33.4. The molecule has 0 amide bonds. The number of hydrogen-bond donors (Lipinski definition) is 0. The molecule has 5 aromatic carbocycles. The van der Waals surface area contributed by atoms with Crippen LogP contribution >= 0.6 is 0 Å². The zero-order valence-electron chi connectivity index (χ0n) is 39.0. The van der Waals surface area contributed by atoms with Crippen LogP contribution in [-0.2, 0) is 0 Å². The molecule has 5 aromatic rings. The first-order chi connectivity index (χ1) is 29.6. The van der Waals surface area contributed by atoms with Crippen LogP contribution < -0.4 is 0 Å². The van der Waals surface area contributed by atoms with E-state index in [0.717, 1.165) is 55.6 Å². The van der Waals surface area contributed by atoms with Crippen molar-refractivity contribution in [2.45, 2.75) is 116 Å². The van der Waals surface area contributed by atoms with Crippen molar-refractivity contribution in [3.05, 3.63) is 177 Å². The maximum atomic E-state index is 3.81. The summed E-state index contributed by atoms with van der Waals surface area (Å²) >= 11 is 0. The molecule has 0 spiro atoms. The van der Waals surface area contributed by atoms with Crippen LogP contribution in [-0.4, -0.2) is 16.1 Å². The van der Waals surface area contributed by atoms with E-state index in [1.807, 2.05) is 72.8 Å². The summed E-state index contributed by atoms with van der Waals surface area (Å²) in [6.45, 7) is 28.2. The van der Waals surface area contributed by atoms with Crippen LogP contribution in [0.15, 0.2) is 121 Å². The lowest BCUT2D eigenvalue weighted by Crippen LogP contribution is -2.43. The zero-order chi connectivity index (χ0) is 44.9. The number of hydrogen-bond acceptors (Lipinski definition) is 0. The first kappa shape index (κ1) is 47.0. The van der Waals surface area contributed by atoms with Crippen molar-refractivity contribution < 1.29 is 0 Å². The van der Waals surface area contributed by atoms with Crippen molar-refractivity contribution in [2.24, 2.45) is 0 Å². The number of rotatable bonds is 6. The Hall–Kier alpha value is -6.11. The van der Waals surface area contributed by atoms with Gasteiger partial charge in [-0.3, -0.25) is 0 Å². The topological polar surface area (TPSA) is 0 Å². The highest BCUT2D eigenvalue weighted by Gasteiger charge is 2.42. The largest absolute Gasteiger partial charge is 0.146 e. The molecule has 0 saturated heterocycles. The van der Waals surface area contributed by atoms with E-state index in [9.17, 15) is 0 Å². The number of benzene rings is 5. The molecular weight excluding hydrogens is 777 g/mol. The summed E-state index contributed by atoms with van der Waals surface area (Å²) in [6.07, 6.45) is 0. The van der Waals surface area contributed by atoms with E-state index in [1.54, 1.807) is 0 Å². The van der Waals surface area contributed by atoms with Gasteiger partial charge in [0.15, 0.2) is 0 Å². The quantitative estimate of drug-likeness (QED) is 0.118. The third-order valence-electron chi connectivity index (χ3n) is 12.4. The fraction of sp³-hybridized carbons (Fsp3) is 0.300. The van der Waals surface area contributed by atoms with Crippen molar-refractivity contribution in [1.29, 1.82) is 0 Å². The van der Waals surface area contributed by atoms with Gasteiger partial charge in [0, 0.05) is 55.6 Å². The molecule has 0 radical (unpaired) electrons. The molecule has 0 aliphatic carbocycles. The van der Waals surface area contributed by atoms with Gasteiger partial charge in [0.25, 0.3) is 0 Å². The van der Waals surface area contributed by atoms with E-state index < -0.39 is 16.1 Å². The Morgan fingerprint density at radius 1 is 0.210 bits per heavy atom. The van der Waals surface area contributed by atoms with Crippen LogP contribution in [0.25, 0.3) is 0 Å². The second-order valence-corrected chi connectivity index (χ2v) is 29.3. The molecule has 2 heteroatoms. The van der Waals surface area contributed by atoms with Gasteiger partial charge in [0.1, 0.15) is 16.1 Å². The van der Waals surface area contributed by atoms with Crippen LogP contribution in [0.3, 0.4) is 0 Å². The third-order valence-corrected chi connectivity index (χ3v) is 25.0. The Bertz CT molecular complexity index is 2430. The summed E-state index contributed by atoms with van der Waals surface area (Å²) in [4.78, 5) is 0. The Labute approximate surface area is 377 Å². The Morgan fingerprint density at radius 3 is 0.435 bits per heavy atom. The zero-order valence-corrected chi connectivity index (χ0v) is 41.0. The minimum Gasteiger partial charge on any atom is -0.125 e. The maximum Gasteiger partial charge on any atom is 0.146 e. The summed E-state index contributed by atoms with van der Waals surface area (Å²) in [7, 11) is -3.51. The third kappa shape index (κ3) is 12.0. The molecule has 0 aliphatic heterocycles. The van der Waals surface area contributed by atoms with Gasteiger partial charge in [-0.25, -0.2) is 0 Å². The van der Waals surface area contributed by atoms with Crippen molar-refractivity contribution in [3.8, 4) is 70.3 Å². The van der Waals surface area contributed by atoms with Gasteiger partial charge >= 0.3 is 0 Å². The molecule has 0 nitrogen and oxygen atoms in total. The van der Waals surface area contributed by atoms with E-state index in [-0.39, 0.29) is 0 Å². The van der Waals surface area contributed by atoms with Gasteiger partial charge in [-0.15, -0.1) is 11.1 Å². The van der Waals surface area contributed by atoms with Crippen molar-refractivity contribution in [3.63, 3.8) is 0 Å². The Kier molecular flexibility index (Phi) is 16.4. The standard InChI is InChI=1S/C60H62Si2/c1-45(2)61(46(3)4,47(5)6)43-41-59-37-33-57(34-38-59)31-29-55-25-21-53(22-26-55)19-17-51-13-15-52(16-14-51)18-20-54-23-27-56(28-24-54)30-32-58-35-39-60(40-36-58)42-44-62(48(7)8,49(9)10)50(11)12/h13-16,21-28,33-40,45-50H,1-12H3. The molecule has 0 aliphatic rings. The molecule has 5 rings (SSSR count). The lowest BCUT2D eigenvalue weighted by atomic mass is 10.1. The minimum absolute atomic E-state index is 0.619. The average Bonchev–Trinajstić information content (AvgIpc) is 3.25. The van der Waals surface area contributed by atoms with Crippen LogP contribution in [0.1, 0.15) is 139 Å². The second-order valence-electron chi connectivity index (χ2n) is 18.2. The van der Waals surface area contributed by atoms with Gasteiger partial charge in [-0.2, -0.15) is 0 Å². The van der Waals surface area contributed by atoms with Crippen LogP contribution in [0, 0.1) is 70.3 Å². The van der Waals surface area contributed by atoms with Crippen LogP contribution in [0.4, 0.5) is 0 Å². The van der Waals surface area contributed by atoms with Gasteiger partial charge in [0.2, 0.25) is 0 Å². The normalized spacial score (nSPS) is 11.0. The smallest absolute Gasteiger partial charge is 0.125 e. The van der Waals surface area contributed by atoms with Gasteiger partial charge in [0.05, 0.1) is 0 Å². The molecule has 0 unspecified atom stereocenters. The lowest BCUT2D eigenvalue weighted by Gasteiger charge is -2.38. The van der Waals surface area contributed by atoms with Crippen molar-refractivity contribution in [2.75, 3.05) is 0 Å². The van der Waals surface area contributed by atoms with Crippen molar-refractivity contribution >= 4 is 16.1 Å². The summed E-state index contributed by atoms with van der Waals surface area (Å²) in [6, 6.07) is 40.9. The predicted molar refractivity (Wildman–Crippen MR) is 272 cm³/mol. The molecule has 0 N–H and O–H groups in total. The summed E-state index contributed by atoms with van der Waals surface area (Å²) in [5, 5.41) is 0. The Balaban J connectivity index is 1.14. The van der Waals surface area contributed by atoms with Gasteiger partial charge in [-0.1, -0.05) is 142 Å². The highest BCUT2D eigenvalue weighted by Crippen LogP contribution is 2.42. The SMILES string of the molecule is CC(C)[Si](C#Cc1ccc(C#Cc2ccc(C#Cc3ccc(C#Cc4ccc(C#Cc5ccc(C#C[Si](C(C)C)(C(C)C)C(C)C)cc5)cc4)cc3)cc2)cc1)(C(C)C)C(C)C. The molecule has 0 bridgehead atoms. The summed E-state index contributed by atoms with van der Waals surface area (Å²) in [5.41, 5.74) is 21.1. The average molecular weight is 839 g/mol. The van der Waals surface area contributed by atoms with Crippen molar-refractivity contribution in [1.82, 2.24) is 0 Å². The second kappa shape index (κ2) is 21.6. The van der Waals surface area contributed by atoms with E-state index >= 15 is 0 Å². The van der Waals surface area contributed by atoms with Gasteiger partial charge in [-0.05, 0) is 155 Å². The monoisotopic (exact) mass is 838 g/mol. The molecular formula is C60H62Si2. The fourth-order valence-corrected chi connectivity index (χ4v) is 19.4. The minimum atomic E-state index is -1.76. The molecule has 0 aromatic heterocycles. The molecule has 0 saturated carbocycles. The summed E-state index contributed by atoms with van der Waals surface area (Å²) < 4.78 is 0. The lowest BCUT2D eigenvalue weighted by molar-refractivity contribution is 0.838. The fourth-order valence-electron chi connectivity index (χ4n) is 8.99. The van der Waals surface area contributed by atoms with E-state index in [1.165, 1.54) is 0 Å². The Morgan fingerprint density at radius 2 is 0.323 bits per heavy atom. The maximum absolute atomic E-state index is 3.81. The van der Waals surface area contributed by atoms with E-state index in [2.05, 4.69) is 202 Å². The van der Waals surface area contributed by atoms with Crippen LogP contribution in [0.2, 0.25) is 33.2 Å². The highest BCUT2D eigenvalue weighted by atomic mass is 28.3. The van der Waals surface area contributed by atoms with Gasteiger partial charge < -0.3 is 0 Å². The molecule has 0 atom stereocenters. The molecule has 62 heavy (non-hydrogen) atoms. The highest BCUT2D eigenvalue weighted by molar-refractivity contribution is 6.91.